The molecule has 3 rings (SSSR count). The highest BCUT2D eigenvalue weighted by atomic mass is 19.1. The van der Waals surface area contributed by atoms with Crippen LogP contribution in [0.3, 0.4) is 0 Å². The summed E-state index contributed by atoms with van der Waals surface area (Å²) in [6.45, 7) is 1.82. The Morgan fingerprint density at radius 2 is 1.50 bits per heavy atom. The molecule has 2 N–H and O–H groups in total. The fraction of sp³-hybridized carbons (Fsp3) is 0.200. The molecule has 0 aliphatic rings. The Bertz CT molecular complexity index is 926. The first-order valence-electron chi connectivity index (χ1n) is 9.57. The first kappa shape index (κ1) is 19.8. The average Bonchev–Trinajstić information content (AvgIpc) is 2.68. The molecule has 0 aromatic heterocycles. The van der Waals surface area contributed by atoms with Crippen LogP contribution in [0.25, 0.3) is 28.3 Å². The van der Waals surface area contributed by atoms with Crippen molar-refractivity contribution in [2.24, 2.45) is 0 Å². The molecule has 1 unspecified atom stereocenters. The topological polar surface area (TPSA) is 40.5 Å². The van der Waals surface area contributed by atoms with E-state index in [1.807, 2.05) is 31.2 Å². The molecule has 0 aliphatic carbocycles. The number of rotatable bonds is 7. The Kier molecular flexibility index (Phi) is 6.62. The predicted molar refractivity (Wildman–Crippen MR) is 114 cm³/mol. The van der Waals surface area contributed by atoms with Crippen LogP contribution in [0.2, 0.25) is 0 Å². The molecule has 0 heterocycles. The number of phenols is 1. The number of benzene rings is 3. The second-order valence-corrected chi connectivity index (χ2v) is 7.05. The zero-order valence-electron chi connectivity index (χ0n) is 16.0. The molecular formula is C25H25FO2. The van der Waals surface area contributed by atoms with Crippen molar-refractivity contribution in [2.75, 3.05) is 0 Å². The Morgan fingerprint density at radius 1 is 0.893 bits per heavy atom. The molecule has 28 heavy (non-hydrogen) atoms. The second-order valence-electron chi connectivity index (χ2n) is 7.05. The molecule has 3 aromatic rings. The van der Waals surface area contributed by atoms with Gasteiger partial charge in [0, 0.05) is 11.6 Å². The van der Waals surface area contributed by atoms with E-state index in [4.69, 9.17) is 0 Å². The van der Waals surface area contributed by atoms with Gasteiger partial charge in [0.05, 0.1) is 6.10 Å². The van der Waals surface area contributed by atoms with Gasteiger partial charge >= 0.3 is 0 Å². The SMILES string of the molecule is CC(O)CCC/C=C/c1ccc(-c2ccc(-c3ccc(O)cc3F)cc2)cc1. The summed E-state index contributed by atoms with van der Waals surface area (Å²) in [4.78, 5) is 0. The van der Waals surface area contributed by atoms with E-state index in [1.165, 1.54) is 6.07 Å². The van der Waals surface area contributed by atoms with Crippen LogP contribution in [0.4, 0.5) is 4.39 Å². The van der Waals surface area contributed by atoms with Gasteiger partial charge in [0.1, 0.15) is 11.6 Å². The largest absolute Gasteiger partial charge is 0.508 e. The maximum Gasteiger partial charge on any atom is 0.134 e. The number of phenolic OH excluding ortho intramolecular Hbond substituents is 1. The highest BCUT2D eigenvalue weighted by Gasteiger charge is 2.06. The summed E-state index contributed by atoms with van der Waals surface area (Å²) in [5.41, 5.74) is 4.56. The van der Waals surface area contributed by atoms with Crippen LogP contribution in [-0.4, -0.2) is 16.3 Å². The molecule has 0 fully saturated rings. The molecule has 0 radical (unpaired) electrons. The van der Waals surface area contributed by atoms with Crippen LogP contribution in [0.15, 0.2) is 72.8 Å². The Hall–Kier alpha value is -2.91. The molecule has 3 aromatic carbocycles. The maximum atomic E-state index is 14.0. The van der Waals surface area contributed by atoms with E-state index >= 15 is 0 Å². The van der Waals surface area contributed by atoms with E-state index in [2.05, 4.69) is 36.4 Å². The molecule has 0 bridgehead atoms. The molecule has 0 saturated carbocycles. The number of hydrogen-bond donors (Lipinski definition) is 2. The van der Waals surface area contributed by atoms with Gasteiger partial charge in [0.15, 0.2) is 0 Å². The minimum Gasteiger partial charge on any atom is -0.508 e. The van der Waals surface area contributed by atoms with Gasteiger partial charge in [0.2, 0.25) is 0 Å². The highest BCUT2D eigenvalue weighted by molar-refractivity contribution is 5.71. The van der Waals surface area contributed by atoms with Crippen LogP contribution < -0.4 is 0 Å². The summed E-state index contributed by atoms with van der Waals surface area (Å²) in [5.74, 6) is -0.507. The molecule has 3 heteroatoms. The third kappa shape index (κ3) is 5.30. The standard InChI is InChI=1S/C25H25FO2/c1-18(27)5-3-2-4-6-19-7-9-20(10-8-19)21-11-13-22(14-12-21)24-16-15-23(28)17-25(24)26/h4,6-18,27-28H,2-3,5H2,1H3/b6-4+. The molecule has 144 valence electrons. The molecule has 1 atom stereocenters. The minimum absolute atomic E-state index is 0.0741. The highest BCUT2D eigenvalue weighted by Crippen LogP contribution is 2.28. The third-order valence-corrected chi connectivity index (χ3v) is 4.70. The van der Waals surface area contributed by atoms with E-state index < -0.39 is 5.82 Å². The van der Waals surface area contributed by atoms with Gasteiger partial charge in [-0.15, -0.1) is 0 Å². The quantitative estimate of drug-likeness (QED) is 0.467. The third-order valence-electron chi connectivity index (χ3n) is 4.70. The number of allylic oxidation sites excluding steroid dienone is 1. The number of hydrogen-bond acceptors (Lipinski definition) is 2. The number of aliphatic hydroxyl groups excluding tert-OH is 1. The number of aromatic hydroxyl groups is 1. The smallest absolute Gasteiger partial charge is 0.134 e. The van der Waals surface area contributed by atoms with Crippen molar-refractivity contribution in [2.45, 2.75) is 32.3 Å². The Balaban J connectivity index is 1.66. The Morgan fingerprint density at radius 3 is 2.11 bits per heavy atom. The van der Waals surface area contributed by atoms with Crippen molar-refractivity contribution in [3.8, 4) is 28.0 Å². The lowest BCUT2D eigenvalue weighted by atomic mass is 9.99. The van der Waals surface area contributed by atoms with Crippen LogP contribution in [0.1, 0.15) is 31.7 Å². The van der Waals surface area contributed by atoms with Crippen LogP contribution >= 0.6 is 0 Å². The fourth-order valence-electron chi connectivity index (χ4n) is 3.12. The zero-order valence-corrected chi connectivity index (χ0v) is 16.0. The van der Waals surface area contributed by atoms with E-state index in [0.29, 0.717) is 5.56 Å². The lowest BCUT2D eigenvalue weighted by molar-refractivity contribution is 0.182. The summed E-state index contributed by atoms with van der Waals surface area (Å²) in [6, 6.07) is 20.2. The van der Waals surface area contributed by atoms with Gasteiger partial charge in [-0.1, -0.05) is 60.7 Å². The van der Waals surface area contributed by atoms with Gasteiger partial charge in [-0.25, -0.2) is 4.39 Å². The van der Waals surface area contributed by atoms with Crippen molar-refractivity contribution in [3.05, 3.63) is 84.2 Å². The lowest BCUT2D eigenvalue weighted by Crippen LogP contribution is -1.97. The van der Waals surface area contributed by atoms with E-state index in [-0.39, 0.29) is 11.9 Å². The first-order chi connectivity index (χ1) is 13.5. The van der Waals surface area contributed by atoms with Crippen molar-refractivity contribution >= 4 is 6.08 Å². The molecule has 0 saturated heterocycles. The van der Waals surface area contributed by atoms with Crippen molar-refractivity contribution in [3.63, 3.8) is 0 Å². The Labute approximate surface area is 165 Å². The summed E-state index contributed by atoms with van der Waals surface area (Å²) < 4.78 is 14.0. The van der Waals surface area contributed by atoms with Crippen molar-refractivity contribution < 1.29 is 14.6 Å². The average molecular weight is 376 g/mol. The monoisotopic (exact) mass is 376 g/mol. The number of halogens is 1. The van der Waals surface area contributed by atoms with Gasteiger partial charge in [-0.3, -0.25) is 0 Å². The van der Waals surface area contributed by atoms with Gasteiger partial charge in [0.25, 0.3) is 0 Å². The number of aliphatic hydroxyl groups is 1. The molecule has 0 amide bonds. The first-order valence-corrected chi connectivity index (χ1v) is 9.57. The number of unbranched alkanes of at least 4 members (excludes halogenated alkanes) is 1. The molecule has 0 spiro atoms. The summed E-state index contributed by atoms with van der Waals surface area (Å²) in [7, 11) is 0. The minimum atomic E-state index is -0.433. The molecule has 2 nitrogen and oxygen atoms in total. The van der Waals surface area contributed by atoms with Crippen molar-refractivity contribution in [1.82, 2.24) is 0 Å². The summed E-state index contributed by atoms with van der Waals surface area (Å²) in [5, 5.41) is 18.6. The normalized spacial score (nSPS) is 12.4. The predicted octanol–water partition coefficient (Wildman–Crippen LogP) is 6.43. The van der Waals surface area contributed by atoms with Gasteiger partial charge in [-0.2, -0.15) is 0 Å². The fourth-order valence-corrected chi connectivity index (χ4v) is 3.12. The van der Waals surface area contributed by atoms with Gasteiger partial charge in [-0.05, 0) is 60.6 Å². The lowest BCUT2D eigenvalue weighted by Gasteiger charge is -2.07. The zero-order chi connectivity index (χ0) is 19.9. The van der Waals surface area contributed by atoms with E-state index in [1.54, 1.807) is 6.07 Å². The van der Waals surface area contributed by atoms with E-state index in [0.717, 1.165) is 47.6 Å². The van der Waals surface area contributed by atoms with Crippen LogP contribution in [0.5, 0.6) is 5.75 Å². The summed E-state index contributed by atoms with van der Waals surface area (Å²) in [6.07, 6.45) is 6.78. The summed E-state index contributed by atoms with van der Waals surface area (Å²) >= 11 is 0. The van der Waals surface area contributed by atoms with Crippen LogP contribution in [-0.2, 0) is 0 Å². The van der Waals surface area contributed by atoms with Crippen molar-refractivity contribution in [1.29, 1.82) is 0 Å². The maximum absolute atomic E-state index is 14.0. The van der Waals surface area contributed by atoms with E-state index in [9.17, 15) is 14.6 Å². The van der Waals surface area contributed by atoms with Crippen LogP contribution in [0, 0.1) is 5.82 Å². The molecule has 0 aliphatic heterocycles. The molecular weight excluding hydrogens is 351 g/mol. The second kappa shape index (κ2) is 9.34. The van der Waals surface area contributed by atoms with Gasteiger partial charge < -0.3 is 10.2 Å².